The zero-order chi connectivity index (χ0) is 17.3. The van der Waals surface area contributed by atoms with Gasteiger partial charge in [0.2, 0.25) is 5.91 Å². The van der Waals surface area contributed by atoms with Crippen LogP contribution in [0.15, 0.2) is 6.07 Å². The Balaban J connectivity index is 1.72. The number of anilines is 1. The Morgan fingerprint density at radius 2 is 1.96 bits per heavy atom. The van der Waals surface area contributed by atoms with Crippen molar-refractivity contribution in [1.29, 1.82) is 0 Å². The molecular formula is C16H22N4O2S2. The lowest BCUT2D eigenvalue weighted by Crippen LogP contribution is -2.41. The number of fused-ring (bicyclic) bond motifs is 1. The molecule has 0 aliphatic carbocycles. The van der Waals surface area contributed by atoms with Crippen LogP contribution in [-0.4, -0.2) is 47.9 Å². The predicted octanol–water partition coefficient (Wildman–Crippen LogP) is 2.54. The van der Waals surface area contributed by atoms with Crippen molar-refractivity contribution < 1.29 is 9.59 Å². The van der Waals surface area contributed by atoms with E-state index < -0.39 is 0 Å². The first-order chi connectivity index (χ1) is 11.5. The average Bonchev–Trinajstić information content (AvgIpc) is 3.14. The highest BCUT2D eigenvalue weighted by Crippen LogP contribution is 2.35. The summed E-state index contributed by atoms with van der Waals surface area (Å²) in [6, 6.07) is 1.95. The molecule has 1 aliphatic rings. The van der Waals surface area contributed by atoms with Crippen LogP contribution in [0.3, 0.4) is 0 Å². The third-order valence-electron chi connectivity index (χ3n) is 4.51. The van der Waals surface area contributed by atoms with Crippen LogP contribution in [0, 0.1) is 5.92 Å². The number of hydrogen-bond acceptors (Lipinski definition) is 6. The molecule has 24 heavy (non-hydrogen) atoms. The van der Waals surface area contributed by atoms with Crippen molar-refractivity contribution in [2.24, 2.45) is 11.7 Å². The van der Waals surface area contributed by atoms with Gasteiger partial charge < -0.3 is 15.5 Å². The highest BCUT2D eigenvalue weighted by atomic mass is 32.1. The lowest BCUT2D eigenvalue weighted by Gasteiger charge is -2.30. The summed E-state index contributed by atoms with van der Waals surface area (Å²) in [7, 11) is 0. The SMILES string of the molecule is CCN(CC)c1nc2sc(C(=O)N3CCC(C(N)=O)CC3)cc2s1. The Hall–Kier alpha value is -1.67. The number of amides is 2. The van der Waals surface area contributed by atoms with Crippen LogP contribution in [0.1, 0.15) is 36.4 Å². The highest BCUT2D eigenvalue weighted by molar-refractivity contribution is 7.29. The largest absolute Gasteiger partial charge is 0.369 e. The summed E-state index contributed by atoms with van der Waals surface area (Å²) in [6.45, 7) is 7.27. The van der Waals surface area contributed by atoms with Gasteiger partial charge >= 0.3 is 0 Å². The van der Waals surface area contributed by atoms with Gasteiger partial charge in [-0.15, -0.1) is 11.3 Å². The summed E-state index contributed by atoms with van der Waals surface area (Å²) in [6.07, 6.45) is 1.32. The van der Waals surface area contributed by atoms with Crippen LogP contribution in [0.4, 0.5) is 5.13 Å². The van der Waals surface area contributed by atoms with Crippen molar-refractivity contribution in [2.75, 3.05) is 31.1 Å². The fourth-order valence-electron chi connectivity index (χ4n) is 2.98. The molecule has 2 amide bonds. The second-order valence-corrected chi connectivity index (χ2v) is 7.96. The number of piperidine rings is 1. The molecule has 8 heteroatoms. The van der Waals surface area contributed by atoms with Gasteiger partial charge in [0, 0.05) is 32.1 Å². The summed E-state index contributed by atoms with van der Waals surface area (Å²) in [5.41, 5.74) is 5.35. The second kappa shape index (κ2) is 7.06. The number of thiazole rings is 1. The molecule has 1 saturated heterocycles. The minimum atomic E-state index is -0.258. The van der Waals surface area contributed by atoms with Gasteiger partial charge in [-0.1, -0.05) is 11.3 Å². The Labute approximate surface area is 149 Å². The minimum Gasteiger partial charge on any atom is -0.369 e. The van der Waals surface area contributed by atoms with Crippen LogP contribution >= 0.6 is 22.7 Å². The normalized spacial score (nSPS) is 15.8. The van der Waals surface area contributed by atoms with Crippen molar-refractivity contribution in [3.8, 4) is 0 Å². The van der Waals surface area contributed by atoms with Crippen molar-refractivity contribution in [3.63, 3.8) is 0 Å². The van der Waals surface area contributed by atoms with Crippen molar-refractivity contribution in [1.82, 2.24) is 9.88 Å². The molecule has 1 aliphatic heterocycles. The second-order valence-electron chi connectivity index (χ2n) is 5.92. The smallest absolute Gasteiger partial charge is 0.264 e. The molecule has 3 rings (SSSR count). The summed E-state index contributed by atoms with van der Waals surface area (Å²) >= 11 is 3.09. The van der Waals surface area contributed by atoms with E-state index in [1.165, 1.54) is 11.3 Å². The first-order valence-corrected chi connectivity index (χ1v) is 9.90. The molecule has 3 heterocycles. The van der Waals surface area contributed by atoms with E-state index in [2.05, 4.69) is 23.7 Å². The molecule has 0 aromatic carbocycles. The zero-order valence-corrected chi connectivity index (χ0v) is 15.6. The fraction of sp³-hybridized carbons (Fsp3) is 0.562. The molecule has 0 radical (unpaired) electrons. The van der Waals surface area contributed by atoms with Gasteiger partial charge in [-0.05, 0) is 32.8 Å². The number of aromatic nitrogens is 1. The van der Waals surface area contributed by atoms with E-state index in [-0.39, 0.29) is 17.7 Å². The van der Waals surface area contributed by atoms with Crippen molar-refractivity contribution >= 4 is 49.1 Å². The van der Waals surface area contributed by atoms with E-state index in [1.807, 2.05) is 11.0 Å². The molecule has 0 spiro atoms. The molecule has 0 bridgehead atoms. The summed E-state index contributed by atoms with van der Waals surface area (Å²) in [4.78, 5) is 34.3. The zero-order valence-electron chi connectivity index (χ0n) is 13.9. The Bertz CT molecular complexity index is 711. The topological polar surface area (TPSA) is 79.5 Å². The highest BCUT2D eigenvalue weighted by Gasteiger charge is 2.27. The van der Waals surface area contributed by atoms with Crippen molar-refractivity contribution in [3.05, 3.63) is 10.9 Å². The Morgan fingerprint density at radius 3 is 2.50 bits per heavy atom. The quantitative estimate of drug-likeness (QED) is 0.882. The maximum atomic E-state index is 12.7. The number of likely N-dealkylation sites (tertiary alicyclic amines) is 1. The van der Waals surface area contributed by atoms with Gasteiger partial charge in [0.1, 0.15) is 4.83 Å². The molecule has 2 aromatic rings. The number of nitrogens with zero attached hydrogens (tertiary/aromatic N) is 3. The molecule has 2 N–H and O–H groups in total. The average molecular weight is 367 g/mol. The van der Waals surface area contributed by atoms with Gasteiger partial charge in [0.25, 0.3) is 5.91 Å². The molecule has 0 saturated carbocycles. The first kappa shape index (κ1) is 17.2. The number of thiophene rings is 1. The van der Waals surface area contributed by atoms with Crippen LogP contribution in [0.2, 0.25) is 0 Å². The monoisotopic (exact) mass is 366 g/mol. The van der Waals surface area contributed by atoms with E-state index in [4.69, 9.17) is 5.73 Å². The standard InChI is InChI=1S/C16H22N4O2S2/c1-3-19(4-2)16-18-14-11(24-16)9-12(23-14)15(22)20-7-5-10(6-8-20)13(17)21/h9-10H,3-8H2,1-2H3,(H2,17,21). The van der Waals surface area contributed by atoms with E-state index in [0.717, 1.165) is 32.6 Å². The summed E-state index contributed by atoms with van der Waals surface area (Å²) in [5, 5.41) is 1.02. The van der Waals surface area contributed by atoms with Gasteiger partial charge in [-0.25, -0.2) is 4.98 Å². The third-order valence-corrected chi connectivity index (χ3v) is 6.72. The number of nitrogens with two attached hydrogens (primary N) is 1. The van der Waals surface area contributed by atoms with E-state index in [9.17, 15) is 9.59 Å². The fourth-order valence-corrected chi connectivity index (χ4v) is 5.29. The lowest BCUT2D eigenvalue weighted by atomic mass is 9.96. The van der Waals surface area contributed by atoms with Gasteiger partial charge in [-0.3, -0.25) is 9.59 Å². The molecular weight excluding hydrogens is 344 g/mol. The number of carbonyl (C=O) groups is 2. The van der Waals surface area contributed by atoms with Crippen LogP contribution < -0.4 is 10.6 Å². The van der Waals surface area contributed by atoms with E-state index in [1.54, 1.807) is 11.3 Å². The number of primary amides is 1. The minimum absolute atomic E-state index is 0.0394. The number of hydrogen-bond donors (Lipinski definition) is 1. The van der Waals surface area contributed by atoms with Crippen molar-refractivity contribution in [2.45, 2.75) is 26.7 Å². The van der Waals surface area contributed by atoms with Gasteiger partial charge in [-0.2, -0.15) is 0 Å². The lowest BCUT2D eigenvalue weighted by molar-refractivity contribution is -0.123. The van der Waals surface area contributed by atoms with Crippen LogP contribution in [0.5, 0.6) is 0 Å². The molecule has 130 valence electrons. The maximum absolute atomic E-state index is 12.7. The maximum Gasteiger partial charge on any atom is 0.264 e. The van der Waals surface area contributed by atoms with Crippen LogP contribution in [0.25, 0.3) is 9.53 Å². The number of carbonyl (C=O) groups excluding carboxylic acids is 2. The molecule has 2 aromatic heterocycles. The Kier molecular flexibility index (Phi) is 5.05. The van der Waals surface area contributed by atoms with Crippen LogP contribution in [-0.2, 0) is 4.79 Å². The first-order valence-electron chi connectivity index (χ1n) is 8.27. The third kappa shape index (κ3) is 3.25. The van der Waals surface area contributed by atoms with Gasteiger partial charge in [0.15, 0.2) is 5.13 Å². The molecule has 1 fully saturated rings. The summed E-state index contributed by atoms with van der Waals surface area (Å²) < 4.78 is 1.07. The number of rotatable bonds is 5. The molecule has 0 atom stereocenters. The predicted molar refractivity (Wildman–Crippen MR) is 98.9 cm³/mol. The summed E-state index contributed by atoms with van der Waals surface area (Å²) in [5.74, 6) is -0.316. The van der Waals surface area contributed by atoms with Gasteiger partial charge in [0.05, 0.1) is 9.58 Å². The Morgan fingerprint density at radius 1 is 1.29 bits per heavy atom. The van der Waals surface area contributed by atoms with E-state index in [0.29, 0.717) is 25.9 Å². The van der Waals surface area contributed by atoms with E-state index >= 15 is 0 Å². The molecule has 0 unspecified atom stereocenters. The molecule has 6 nitrogen and oxygen atoms in total.